The predicted octanol–water partition coefficient (Wildman–Crippen LogP) is 8.17. The quantitative estimate of drug-likeness (QED) is 0.0677. The highest BCUT2D eigenvalue weighted by Crippen LogP contribution is 2.43. The Kier molecular flexibility index (Phi) is 14.9. The Morgan fingerprint density at radius 1 is 0.635 bits per heavy atom. The van der Waals surface area contributed by atoms with Crippen molar-refractivity contribution in [2.24, 2.45) is 15.9 Å². The van der Waals surface area contributed by atoms with Crippen molar-refractivity contribution in [2.45, 2.75) is 104 Å². The first-order chi connectivity index (χ1) is 35.7. The summed E-state index contributed by atoms with van der Waals surface area (Å²) in [6, 6.07) is 25.2. The number of ketones is 1. The van der Waals surface area contributed by atoms with Crippen molar-refractivity contribution in [1.29, 1.82) is 0 Å². The Balaban J connectivity index is 0.952. The molecule has 5 aromatic carbocycles. The maximum Gasteiger partial charge on any atom is 0.261 e. The number of amides is 5. The number of fused-ring (bicyclic) bond motifs is 8. The van der Waals surface area contributed by atoms with Crippen LogP contribution < -0.4 is 44.7 Å². The molecule has 4 heterocycles. The number of Topliss-reactive ketones (excluding diaryl/α,β-unsaturated/α-hetero) is 1. The zero-order valence-corrected chi connectivity index (χ0v) is 42.2. The highest BCUT2D eigenvalue weighted by molar-refractivity contribution is 6.16. The van der Waals surface area contributed by atoms with Gasteiger partial charge < -0.3 is 39.7 Å². The maximum atomic E-state index is 14.1. The second-order valence-corrected chi connectivity index (χ2v) is 19.3. The normalized spacial score (nSPS) is 16.6. The number of unbranched alkanes of at least 4 members (excludes halogenated alkanes) is 1. The van der Waals surface area contributed by atoms with E-state index in [4.69, 9.17) is 28.9 Å². The first-order valence-corrected chi connectivity index (χ1v) is 24.8. The van der Waals surface area contributed by atoms with Gasteiger partial charge in [-0.25, -0.2) is 0 Å². The van der Waals surface area contributed by atoms with Crippen LogP contribution in [0.1, 0.15) is 96.3 Å². The largest absolute Gasteiger partial charge is 0.493 e. The van der Waals surface area contributed by atoms with E-state index in [1.165, 1.54) is 21.1 Å². The van der Waals surface area contributed by atoms with E-state index in [0.717, 1.165) is 22.5 Å². The van der Waals surface area contributed by atoms with Gasteiger partial charge in [0.25, 0.3) is 11.8 Å². The molecule has 3 N–H and O–H groups in total. The van der Waals surface area contributed by atoms with Crippen molar-refractivity contribution in [3.8, 4) is 23.0 Å². The van der Waals surface area contributed by atoms with Crippen LogP contribution in [0.4, 0.5) is 28.4 Å². The topological polar surface area (TPSA) is 207 Å². The summed E-state index contributed by atoms with van der Waals surface area (Å²) in [5.41, 5.74) is 7.02. The fraction of sp³-hybridized carbons (Fsp3) is 0.333. The molecule has 0 aromatic heterocycles. The molecule has 382 valence electrons. The zero-order valence-electron chi connectivity index (χ0n) is 42.2. The van der Waals surface area contributed by atoms with E-state index >= 15 is 0 Å². The van der Waals surface area contributed by atoms with Crippen molar-refractivity contribution in [1.82, 2.24) is 10.6 Å². The van der Waals surface area contributed by atoms with Crippen LogP contribution in [-0.2, 0) is 45.2 Å². The van der Waals surface area contributed by atoms with Gasteiger partial charge in [-0.05, 0) is 97.3 Å². The molecule has 4 aliphatic heterocycles. The Morgan fingerprint density at radius 2 is 1.14 bits per heavy atom. The number of anilines is 3. The standard InChI is InChI=1S/C57H59N7O10/c1-32(2)53(62-52(66)18-12-7-13-33(3)65)55(68)60-34(4)54(67)61-39-20-35(30-73-50-26-44-42(24-48(50)71-5)56(69)63-40(28-58-44)22-37-14-8-10-16-46(37)63)19-36(21-39)31-74-51-27-45-43(25-49(51)72-6)57(70)64-41(29-59-45)23-38-15-9-11-17-47(38)64/h8-11,14-17,19-21,24-29,32,34,40-41,53H,7,12-13,18,22-23,30-31H2,1-6H3,(H,60,68)(H,61,67)(H,62,66)/t34-,40-,41-,53-/m0/s1. The minimum absolute atomic E-state index is 0.0256. The number of benzene rings is 5. The average Bonchev–Trinajstić information content (AvgIpc) is 3.88. The number of rotatable bonds is 19. The van der Waals surface area contributed by atoms with Crippen molar-refractivity contribution in [3.63, 3.8) is 0 Å². The molecule has 74 heavy (non-hydrogen) atoms. The SMILES string of the molecule is COc1cc2c(cc1OCc1cc(COc3cc4c(cc3OC)C(=O)N3c5ccccc5C[C@H]3C=N4)cc(NC(=O)[C@H](C)NC(=O)[C@@H](NC(=O)CCCCC(C)=O)C(C)C)c1)N=C[C@@H]1Cc3ccccc3N1C2=O. The molecule has 5 amide bonds. The summed E-state index contributed by atoms with van der Waals surface area (Å²) >= 11 is 0. The third-order valence-corrected chi connectivity index (χ3v) is 13.6. The predicted molar refractivity (Wildman–Crippen MR) is 281 cm³/mol. The number of ether oxygens (including phenoxy) is 4. The van der Waals surface area contributed by atoms with Gasteiger partial charge in [0.2, 0.25) is 17.7 Å². The molecule has 17 heteroatoms. The van der Waals surface area contributed by atoms with E-state index in [0.29, 0.717) is 94.4 Å². The molecule has 9 rings (SSSR count). The first kappa shape index (κ1) is 50.6. The summed E-state index contributed by atoms with van der Waals surface area (Å²) in [5.74, 6) is -0.701. The number of aliphatic imine (C=N–C) groups is 2. The molecule has 0 bridgehead atoms. The van der Waals surface area contributed by atoms with E-state index in [-0.39, 0.29) is 61.1 Å². The number of methoxy groups -OCH3 is 2. The number of para-hydroxylation sites is 2. The molecule has 0 unspecified atom stereocenters. The second-order valence-electron chi connectivity index (χ2n) is 19.3. The van der Waals surface area contributed by atoms with Gasteiger partial charge in [0.1, 0.15) is 31.1 Å². The van der Waals surface area contributed by atoms with Crippen molar-refractivity contribution < 1.29 is 47.7 Å². The summed E-state index contributed by atoms with van der Waals surface area (Å²) in [7, 11) is 2.99. The molecule has 0 spiro atoms. The van der Waals surface area contributed by atoms with E-state index in [1.807, 2.05) is 54.6 Å². The van der Waals surface area contributed by atoms with Crippen LogP contribution in [-0.4, -0.2) is 86.1 Å². The average molecular weight is 1000 g/mol. The van der Waals surface area contributed by atoms with E-state index in [2.05, 4.69) is 16.0 Å². The zero-order chi connectivity index (χ0) is 52.2. The summed E-state index contributed by atoms with van der Waals surface area (Å²) in [4.78, 5) is 92.7. The smallest absolute Gasteiger partial charge is 0.261 e. The van der Waals surface area contributed by atoms with Gasteiger partial charge >= 0.3 is 0 Å². The van der Waals surface area contributed by atoms with Gasteiger partial charge in [0.05, 0.1) is 48.8 Å². The molecular formula is C57H59N7O10. The van der Waals surface area contributed by atoms with Crippen molar-refractivity contribution in [2.75, 3.05) is 29.3 Å². The number of hydrogen-bond donors (Lipinski definition) is 3. The Morgan fingerprint density at radius 3 is 1.62 bits per heavy atom. The molecule has 0 radical (unpaired) electrons. The van der Waals surface area contributed by atoms with Crippen LogP contribution in [0.15, 0.2) is 101 Å². The van der Waals surface area contributed by atoms with Gasteiger partial charge in [-0.15, -0.1) is 0 Å². The molecule has 5 aromatic rings. The third-order valence-electron chi connectivity index (χ3n) is 13.6. The summed E-state index contributed by atoms with van der Waals surface area (Å²) in [6.45, 7) is 6.60. The number of hydrogen-bond acceptors (Lipinski definition) is 12. The third kappa shape index (κ3) is 10.7. The molecule has 0 saturated carbocycles. The summed E-state index contributed by atoms with van der Waals surface area (Å²) in [5, 5.41) is 8.47. The first-order valence-electron chi connectivity index (χ1n) is 24.8. The van der Waals surface area contributed by atoms with Crippen LogP contribution in [0, 0.1) is 5.92 Å². The lowest BCUT2D eigenvalue weighted by Crippen LogP contribution is -2.53. The van der Waals surface area contributed by atoms with Crippen LogP contribution >= 0.6 is 0 Å². The highest BCUT2D eigenvalue weighted by Gasteiger charge is 2.38. The maximum absolute atomic E-state index is 14.1. The van der Waals surface area contributed by atoms with Crippen molar-refractivity contribution in [3.05, 3.63) is 124 Å². The lowest BCUT2D eigenvalue weighted by Gasteiger charge is -2.24. The van der Waals surface area contributed by atoms with E-state index in [1.54, 1.807) is 79.4 Å². The van der Waals surface area contributed by atoms with Gasteiger partial charge in [0.15, 0.2) is 23.0 Å². The molecule has 0 aliphatic carbocycles. The van der Waals surface area contributed by atoms with Gasteiger partial charge in [-0.3, -0.25) is 43.8 Å². The second kappa shape index (κ2) is 21.8. The lowest BCUT2D eigenvalue weighted by atomic mass is 10.0. The highest BCUT2D eigenvalue weighted by atomic mass is 16.5. The van der Waals surface area contributed by atoms with Crippen LogP contribution in [0.3, 0.4) is 0 Å². The van der Waals surface area contributed by atoms with Crippen molar-refractivity contribution >= 4 is 76.2 Å². The molecule has 17 nitrogen and oxygen atoms in total. The van der Waals surface area contributed by atoms with E-state index in [9.17, 15) is 28.8 Å². The lowest BCUT2D eigenvalue weighted by molar-refractivity contribution is -0.131. The molecule has 4 aliphatic rings. The number of nitrogens with zero attached hydrogens (tertiary/aromatic N) is 4. The molecule has 0 saturated heterocycles. The summed E-state index contributed by atoms with van der Waals surface area (Å²) in [6.07, 6.45) is 6.48. The summed E-state index contributed by atoms with van der Waals surface area (Å²) < 4.78 is 24.4. The number of carbonyl (C=O) groups excluding carboxylic acids is 6. The minimum atomic E-state index is -1.02. The van der Waals surface area contributed by atoms with Crippen LogP contribution in [0.25, 0.3) is 0 Å². The minimum Gasteiger partial charge on any atom is -0.493 e. The van der Waals surface area contributed by atoms with Crippen LogP contribution in [0.2, 0.25) is 0 Å². The van der Waals surface area contributed by atoms with Crippen LogP contribution in [0.5, 0.6) is 23.0 Å². The monoisotopic (exact) mass is 1000 g/mol. The molecule has 0 fully saturated rings. The molecular weight excluding hydrogens is 943 g/mol. The molecule has 4 atom stereocenters. The van der Waals surface area contributed by atoms with E-state index < -0.39 is 23.9 Å². The fourth-order valence-electron chi connectivity index (χ4n) is 9.76. The fourth-order valence-corrected chi connectivity index (χ4v) is 9.76. The number of nitrogens with one attached hydrogen (secondary N) is 3. The Labute approximate surface area is 429 Å². The number of carbonyl (C=O) groups is 6. The van der Waals surface area contributed by atoms with Gasteiger partial charge in [-0.2, -0.15) is 0 Å². The Bertz CT molecular complexity index is 2950. The Hall–Kier alpha value is -8.34. The van der Waals surface area contributed by atoms with Gasteiger partial charge in [-0.1, -0.05) is 50.2 Å². The van der Waals surface area contributed by atoms with Gasteiger partial charge in [0, 0.05) is 67.3 Å².